The SMILES string of the molecule is O=C(CC[C@H](NC(=O)CCCCCN1C(=O)C=CC1O)C(=O)O)NC[C@H](O)[C@@H](O)[C@H](O)[C@H](O)CO. The van der Waals surface area contributed by atoms with Crippen LogP contribution in [0.15, 0.2) is 12.2 Å². The van der Waals surface area contributed by atoms with Gasteiger partial charge in [-0.15, -0.1) is 0 Å². The molecule has 1 rings (SSSR count). The Hall–Kier alpha value is -2.62. The number of rotatable bonds is 17. The molecule has 0 saturated heterocycles. The molecule has 1 unspecified atom stereocenters. The normalized spacial score (nSPS) is 19.7. The maximum atomic E-state index is 12.0. The van der Waals surface area contributed by atoms with Crippen LogP contribution in [-0.2, 0) is 19.2 Å². The molecule has 0 aromatic rings. The number of nitrogens with zero attached hydrogens (tertiary/aromatic N) is 1. The van der Waals surface area contributed by atoms with Crippen molar-refractivity contribution in [2.75, 3.05) is 19.7 Å². The number of hydrogen-bond acceptors (Lipinski definition) is 10. The van der Waals surface area contributed by atoms with Gasteiger partial charge in [0.15, 0.2) is 0 Å². The number of aliphatic hydroxyl groups is 6. The molecule has 1 aliphatic heterocycles. The molecule has 0 saturated carbocycles. The second kappa shape index (κ2) is 15.4. The zero-order valence-electron chi connectivity index (χ0n) is 19.2. The minimum atomic E-state index is -1.85. The Bertz CT molecular complexity index is 748. The third-order valence-corrected chi connectivity index (χ3v) is 5.44. The summed E-state index contributed by atoms with van der Waals surface area (Å²) < 4.78 is 0. The van der Waals surface area contributed by atoms with Crippen LogP contribution < -0.4 is 10.6 Å². The van der Waals surface area contributed by atoms with Gasteiger partial charge in [-0.3, -0.25) is 14.4 Å². The Balaban J connectivity index is 2.29. The smallest absolute Gasteiger partial charge is 0.326 e. The lowest BCUT2D eigenvalue weighted by Gasteiger charge is -2.25. The first-order valence-electron chi connectivity index (χ1n) is 11.3. The van der Waals surface area contributed by atoms with Gasteiger partial charge in [-0.05, 0) is 25.3 Å². The van der Waals surface area contributed by atoms with E-state index in [2.05, 4.69) is 10.6 Å². The van der Waals surface area contributed by atoms with E-state index in [1.807, 2.05) is 0 Å². The lowest BCUT2D eigenvalue weighted by Crippen LogP contribution is -2.49. The summed E-state index contributed by atoms with van der Waals surface area (Å²) in [7, 11) is 0. The van der Waals surface area contributed by atoms with Gasteiger partial charge in [0.05, 0.1) is 12.7 Å². The number of aliphatic hydroxyl groups excluding tert-OH is 6. The molecule has 35 heavy (non-hydrogen) atoms. The Morgan fingerprint density at radius 3 is 2.20 bits per heavy atom. The largest absolute Gasteiger partial charge is 0.480 e. The summed E-state index contributed by atoms with van der Waals surface area (Å²) in [5, 5.41) is 70.5. The molecule has 9 N–H and O–H groups in total. The van der Waals surface area contributed by atoms with E-state index >= 15 is 0 Å². The van der Waals surface area contributed by atoms with Crippen LogP contribution in [0.4, 0.5) is 0 Å². The number of carbonyl (C=O) groups is 4. The number of carbonyl (C=O) groups excluding carboxylic acids is 3. The van der Waals surface area contributed by atoms with Crippen LogP contribution in [0.2, 0.25) is 0 Å². The molecule has 14 nitrogen and oxygen atoms in total. The molecule has 0 fully saturated rings. The molecule has 0 spiro atoms. The standard InChI is InChI=1S/C21H35N3O11/c25-11-14(27)20(33)19(32)13(26)10-22-15(28)6-5-12(21(34)35)23-16(29)4-2-1-3-9-24-17(30)7-8-18(24)31/h7-8,12-14,17,19-20,25-27,30,32-33H,1-6,9-11H2,(H,22,28)(H,23,29)(H,34,35)/t12-,13-,14+,17?,19+,20+/m0/s1. The fraction of sp³-hybridized carbons (Fsp3) is 0.714. The van der Waals surface area contributed by atoms with Crippen molar-refractivity contribution in [2.45, 2.75) is 75.2 Å². The van der Waals surface area contributed by atoms with Crippen molar-refractivity contribution in [2.24, 2.45) is 0 Å². The van der Waals surface area contributed by atoms with Crippen molar-refractivity contribution in [3.63, 3.8) is 0 Å². The number of aliphatic carboxylic acids is 1. The molecule has 0 aliphatic carbocycles. The van der Waals surface area contributed by atoms with E-state index in [4.69, 9.17) is 5.11 Å². The minimum Gasteiger partial charge on any atom is -0.480 e. The first-order chi connectivity index (χ1) is 16.5. The Morgan fingerprint density at radius 1 is 0.971 bits per heavy atom. The van der Waals surface area contributed by atoms with E-state index in [0.717, 1.165) is 0 Å². The monoisotopic (exact) mass is 505 g/mol. The zero-order valence-corrected chi connectivity index (χ0v) is 19.2. The molecule has 6 atom stereocenters. The average molecular weight is 506 g/mol. The predicted molar refractivity (Wildman–Crippen MR) is 118 cm³/mol. The highest BCUT2D eigenvalue weighted by Gasteiger charge is 2.30. The van der Waals surface area contributed by atoms with Crippen LogP contribution in [0, 0.1) is 0 Å². The summed E-state index contributed by atoms with van der Waals surface area (Å²) in [5.41, 5.74) is 0. The quantitative estimate of drug-likeness (QED) is 0.0868. The van der Waals surface area contributed by atoms with Gasteiger partial charge in [0, 0.05) is 32.0 Å². The third-order valence-electron chi connectivity index (χ3n) is 5.44. The van der Waals surface area contributed by atoms with Crippen LogP contribution >= 0.6 is 0 Å². The van der Waals surface area contributed by atoms with Gasteiger partial charge in [0.1, 0.15) is 30.6 Å². The van der Waals surface area contributed by atoms with Crippen LogP contribution in [0.3, 0.4) is 0 Å². The van der Waals surface area contributed by atoms with Crippen LogP contribution in [0.1, 0.15) is 38.5 Å². The maximum absolute atomic E-state index is 12.0. The summed E-state index contributed by atoms with van der Waals surface area (Å²) in [6, 6.07) is -1.33. The molecule has 0 radical (unpaired) electrons. The van der Waals surface area contributed by atoms with Crippen molar-refractivity contribution < 1.29 is 54.9 Å². The zero-order chi connectivity index (χ0) is 26.5. The highest BCUT2D eigenvalue weighted by atomic mass is 16.4. The third kappa shape index (κ3) is 10.7. The van der Waals surface area contributed by atoms with Crippen LogP contribution in [-0.4, -0.2) is 121 Å². The lowest BCUT2D eigenvalue weighted by molar-refractivity contribution is -0.142. The van der Waals surface area contributed by atoms with Gasteiger partial charge >= 0.3 is 5.97 Å². The number of amides is 3. The fourth-order valence-corrected chi connectivity index (χ4v) is 3.28. The topological polar surface area (TPSA) is 237 Å². The van der Waals surface area contributed by atoms with Crippen molar-refractivity contribution in [1.29, 1.82) is 0 Å². The number of unbranched alkanes of at least 4 members (excludes halogenated alkanes) is 2. The van der Waals surface area contributed by atoms with Crippen molar-refractivity contribution >= 4 is 23.7 Å². The van der Waals surface area contributed by atoms with Gasteiger partial charge in [-0.1, -0.05) is 6.42 Å². The second-order valence-corrected chi connectivity index (χ2v) is 8.21. The van der Waals surface area contributed by atoms with Gasteiger partial charge in [0.2, 0.25) is 17.7 Å². The van der Waals surface area contributed by atoms with E-state index in [9.17, 15) is 49.8 Å². The van der Waals surface area contributed by atoms with Crippen molar-refractivity contribution in [3.05, 3.63) is 12.2 Å². The molecule has 1 aliphatic rings. The average Bonchev–Trinajstić information content (AvgIpc) is 3.15. The van der Waals surface area contributed by atoms with Crippen molar-refractivity contribution in [3.8, 4) is 0 Å². The van der Waals surface area contributed by atoms with Crippen LogP contribution in [0.25, 0.3) is 0 Å². The predicted octanol–water partition coefficient (Wildman–Crippen LogP) is -3.83. The maximum Gasteiger partial charge on any atom is 0.326 e. The summed E-state index contributed by atoms with van der Waals surface area (Å²) in [6.45, 7) is -1.02. The van der Waals surface area contributed by atoms with Crippen LogP contribution in [0.5, 0.6) is 0 Å². The Kier molecular flexibility index (Phi) is 13.4. The second-order valence-electron chi connectivity index (χ2n) is 8.21. The summed E-state index contributed by atoms with van der Waals surface area (Å²) in [5.74, 6) is -2.82. The number of hydrogen-bond donors (Lipinski definition) is 9. The highest BCUT2D eigenvalue weighted by Crippen LogP contribution is 2.11. The molecule has 1 heterocycles. The van der Waals surface area contributed by atoms with Gasteiger partial charge in [0.25, 0.3) is 0 Å². The van der Waals surface area contributed by atoms with Gasteiger partial charge in [-0.25, -0.2) is 4.79 Å². The number of carboxylic acid groups (broad SMARTS) is 1. The first-order valence-corrected chi connectivity index (χ1v) is 11.3. The molecule has 200 valence electrons. The summed E-state index contributed by atoms with van der Waals surface area (Å²) >= 11 is 0. The molecule has 0 aromatic carbocycles. The first kappa shape index (κ1) is 30.4. The molecular formula is C21H35N3O11. The highest BCUT2D eigenvalue weighted by molar-refractivity contribution is 5.90. The van der Waals surface area contributed by atoms with E-state index < -0.39 is 67.6 Å². The molecule has 3 amide bonds. The summed E-state index contributed by atoms with van der Waals surface area (Å²) in [4.78, 5) is 48.2. The molecule has 14 heteroatoms. The van der Waals surface area contributed by atoms with E-state index in [0.29, 0.717) is 25.8 Å². The van der Waals surface area contributed by atoms with Gasteiger partial charge < -0.3 is 51.3 Å². The number of carboxylic acids is 1. The Labute approximate surface area is 201 Å². The minimum absolute atomic E-state index is 0.0385. The summed E-state index contributed by atoms with van der Waals surface area (Å²) in [6.07, 6.45) is -4.28. The van der Waals surface area contributed by atoms with E-state index in [-0.39, 0.29) is 25.2 Å². The molecular weight excluding hydrogens is 470 g/mol. The Morgan fingerprint density at radius 2 is 1.63 bits per heavy atom. The van der Waals surface area contributed by atoms with E-state index in [1.54, 1.807) is 0 Å². The van der Waals surface area contributed by atoms with E-state index in [1.165, 1.54) is 17.1 Å². The lowest BCUT2D eigenvalue weighted by atomic mass is 10.0. The number of nitrogens with one attached hydrogen (secondary N) is 2. The molecule has 0 aromatic heterocycles. The molecule has 0 bridgehead atoms. The van der Waals surface area contributed by atoms with Crippen molar-refractivity contribution in [1.82, 2.24) is 15.5 Å². The van der Waals surface area contributed by atoms with Gasteiger partial charge in [-0.2, -0.15) is 0 Å². The fourth-order valence-electron chi connectivity index (χ4n) is 3.28.